The molecule has 1 aliphatic rings. The first-order valence-corrected chi connectivity index (χ1v) is 3.88. The van der Waals surface area contributed by atoms with Crippen molar-refractivity contribution >= 4 is 0 Å². The molecular formula is C7H9N3O4. The molecule has 14 heavy (non-hydrogen) atoms. The van der Waals surface area contributed by atoms with Crippen molar-refractivity contribution in [2.45, 2.75) is 20.3 Å². The molecule has 0 saturated carbocycles. The second-order valence-corrected chi connectivity index (χ2v) is 2.96. The third kappa shape index (κ3) is 1.70. The third-order valence-electron chi connectivity index (χ3n) is 2.02. The lowest BCUT2D eigenvalue weighted by Crippen LogP contribution is -2.24. The predicted molar refractivity (Wildman–Crippen MR) is 47.1 cm³/mol. The minimum Gasteiger partial charge on any atom is -0.352 e. The van der Waals surface area contributed by atoms with Crippen LogP contribution in [0, 0.1) is 20.2 Å². The topological polar surface area (TPSA) is 98.3 Å². The van der Waals surface area contributed by atoms with Gasteiger partial charge in [0, 0.05) is 0 Å². The van der Waals surface area contributed by atoms with Gasteiger partial charge in [0.15, 0.2) is 0 Å². The van der Waals surface area contributed by atoms with Crippen LogP contribution < -0.4 is 5.32 Å². The fourth-order valence-corrected chi connectivity index (χ4v) is 1.25. The van der Waals surface area contributed by atoms with Gasteiger partial charge in [-0.05, 0) is 13.8 Å². The van der Waals surface area contributed by atoms with Gasteiger partial charge >= 0.3 is 0 Å². The highest BCUT2D eigenvalue weighted by Gasteiger charge is 2.30. The minimum atomic E-state index is -0.599. The van der Waals surface area contributed by atoms with Gasteiger partial charge in [0.2, 0.25) is 0 Å². The molecule has 0 radical (unpaired) electrons. The van der Waals surface area contributed by atoms with Gasteiger partial charge in [-0.2, -0.15) is 0 Å². The number of nitro groups is 2. The first-order chi connectivity index (χ1) is 6.43. The number of nitrogens with zero attached hydrogens (tertiary/aromatic N) is 2. The van der Waals surface area contributed by atoms with E-state index in [4.69, 9.17) is 0 Å². The van der Waals surface area contributed by atoms with Crippen LogP contribution in [0.1, 0.15) is 20.3 Å². The summed E-state index contributed by atoms with van der Waals surface area (Å²) in [6.45, 7) is 3.05. The van der Waals surface area contributed by atoms with Crippen molar-refractivity contribution in [2.24, 2.45) is 0 Å². The highest BCUT2D eigenvalue weighted by molar-refractivity contribution is 5.23. The standard InChI is InChI=1S/C7H9N3O4/c1-4-6(9(11)12)3-7(10(13)14)5(2)8-4/h8H,3H2,1-2H3. The highest BCUT2D eigenvalue weighted by atomic mass is 16.6. The molecule has 0 saturated heterocycles. The van der Waals surface area contributed by atoms with E-state index in [1.807, 2.05) is 0 Å². The van der Waals surface area contributed by atoms with E-state index in [2.05, 4.69) is 5.32 Å². The van der Waals surface area contributed by atoms with Gasteiger partial charge < -0.3 is 5.32 Å². The van der Waals surface area contributed by atoms with E-state index in [0.717, 1.165) is 0 Å². The predicted octanol–water partition coefficient (Wildman–Crippen LogP) is 0.996. The van der Waals surface area contributed by atoms with Crippen molar-refractivity contribution < 1.29 is 9.85 Å². The molecule has 0 fully saturated rings. The zero-order valence-electron chi connectivity index (χ0n) is 7.73. The Morgan fingerprint density at radius 3 is 1.71 bits per heavy atom. The average molecular weight is 199 g/mol. The van der Waals surface area contributed by atoms with Crippen molar-refractivity contribution in [1.82, 2.24) is 5.32 Å². The Morgan fingerprint density at radius 2 is 1.43 bits per heavy atom. The number of dihydropyridines is 1. The molecule has 0 aromatic carbocycles. The molecule has 0 aliphatic carbocycles. The van der Waals surface area contributed by atoms with Gasteiger partial charge in [0.05, 0.1) is 21.2 Å². The lowest BCUT2D eigenvalue weighted by molar-refractivity contribution is -0.453. The Morgan fingerprint density at radius 1 is 1.07 bits per heavy atom. The highest BCUT2D eigenvalue weighted by Crippen LogP contribution is 2.22. The SMILES string of the molecule is CC1=C([N+](=O)[O-])CC([N+](=O)[O-])=C(C)N1. The quantitative estimate of drug-likeness (QED) is 0.528. The molecule has 0 atom stereocenters. The summed E-state index contributed by atoms with van der Waals surface area (Å²) in [6.07, 6.45) is -0.231. The monoisotopic (exact) mass is 199 g/mol. The largest absolute Gasteiger partial charge is 0.352 e. The minimum absolute atomic E-state index is 0.151. The molecular weight excluding hydrogens is 190 g/mol. The van der Waals surface area contributed by atoms with E-state index in [1.54, 1.807) is 0 Å². The molecule has 1 rings (SSSR count). The Bertz CT molecular complexity index is 335. The molecule has 0 aromatic heterocycles. The fourth-order valence-electron chi connectivity index (χ4n) is 1.25. The van der Waals surface area contributed by atoms with Crippen LogP contribution in [0.2, 0.25) is 0 Å². The van der Waals surface area contributed by atoms with Gasteiger partial charge in [0.1, 0.15) is 6.42 Å². The zero-order valence-corrected chi connectivity index (χ0v) is 7.73. The molecule has 7 heteroatoms. The van der Waals surface area contributed by atoms with Crippen LogP contribution >= 0.6 is 0 Å². The number of rotatable bonds is 2. The number of hydrogen-bond donors (Lipinski definition) is 1. The van der Waals surface area contributed by atoms with Crippen LogP contribution in [-0.4, -0.2) is 9.85 Å². The maximum absolute atomic E-state index is 10.5. The summed E-state index contributed by atoms with van der Waals surface area (Å²) in [4.78, 5) is 19.8. The molecule has 0 amide bonds. The summed E-state index contributed by atoms with van der Waals surface area (Å²) in [5, 5.41) is 23.6. The Kier molecular flexibility index (Phi) is 2.50. The van der Waals surface area contributed by atoms with E-state index in [0.29, 0.717) is 11.4 Å². The van der Waals surface area contributed by atoms with Crippen LogP contribution in [-0.2, 0) is 0 Å². The van der Waals surface area contributed by atoms with Crippen molar-refractivity contribution in [3.8, 4) is 0 Å². The Hall–Kier alpha value is -1.92. The molecule has 76 valence electrons. The molecule has 0 bridgehead atoms. The molecule has 0 aromatic rings. The summed E-state index contributed by atoms with van der Waals surface area (Å²) in [6, 6.07) is 0. The Balaban J connectivity index is 3.03. The zero-order chi connectivity index (χ0) is 10.9. The van der Waals surface area contributed by atoms with E-state index in [1.165, 1.54) is 13.8 Å². The maximum atomic E-state index is 10.5. The van der Waals surface area contributed by atoms with E-state index in [-0.39, 0.29) is 17.8 Å². The molecule has 1 N–H and O–H groups in total. The number of nitrogens with one attached hydrogen (secondary N) is 1. The summed E-state index contributed by atoms with van der Waals surface area (Å²) < 4.78 is 0. The average Bonchev–Trinajstić information content (AvgIpc) is 2.02. The third-order valence-corrected chi connectivity index (χ3v) is 2.02. The van der Waals surface area contributed by atoms with E-state index < -0.39 is 9.85 Å². The van der Waals surface area contributed by atoms with Crippen LogP contribution in [0.15, 0.2) is 22.8 Å². The Labute approximate surface area is 79.4 Å². The van der Waals surface area contributed by atoms with Crippen molar-refractivity contribution in [3.05, 3.63) is 43.0 Å². The van der Waals surface area contributed by atoms with Gasteiger partial charge in [-0.25, -0.2) is 0 Å². The molecule has 0 spiro atoms. The number of hydrogen-bond acceptors (Lipinski definition) is 5. The first kappa shape index (κ1) is 10.2. The number of allylic oxidation sites excluding steroid dienone is 2. The van der Waals surface area contributed by atoms with Crippen LogP contribution in [0.4, 0.5) is 0 Å². The van der Waals surface area contributed by atoms with Gasteiger partial charge in [-0.3, -0.25) is 20.2 Å². The fraction of sp³-hybridized carbons (Fsp3) is 0.429. The second-order valence-electron chi connectivity index (χ2n) is 2.96. The molecule has 7 nitrogen and oxygen atoms in total. The molecule has 1 aliphatic heterocycles. The van der Waals surface area contributed by atoms with Gasteiger partial charge in [-0.1, -0.05) is 0 Å². The van der Waals surface area contributed by atoms with Gasteiger partial charge in [-0.15, -0.1) is 0 Å². The van der Waals surface area contributed by atoms with E-state index >= 15 is 0 Å². The van der Waals surface area contributed by atoms with Crippen LogP contribution in [0.3, 0.4) is 0 Å². The molecule has 0 unspecified atom stereocenters. The lowest BCUT2D eigenvalue weighted by atomic mass is 10.1. The lowest BCUT2D eigenvalue weighted by Gasteiger charge is -2.13. The smallest absolute Gasteiger partial charge is 0.275 e. The summed E-state index contributed by atoms with van der Waals surface area (Å²) >= 11 is 0. The van der Waals surface area contributed by atoms with Crippen molar-refractivity contribution in [3.63, 3.8) is 0 Å². The normalized spacial score (nSPS) is 16.7. The van der Waals surface area contributed by atoms with Crippen molar-refractivity contribution in [1.29, 1.82) is 0 Å². The summed E-state index contributed by atoms with van der Waals surface area (Å²) in [5.41, 5.74) is 0.417. The summed E-state index contributed by atoms with van der Waals surface area (Å²) in [7, 11) is 0. The van der Waals surface area contributed by atoms with Crippen LogP contribution in [0.25, 0.3) is 0 Å². The maximum Gasteiger partial charge on any atom is 0.275 e. The second kappa shape index (κ2) is 3.44. The first-order valence-electron chi connectivity index (χ1n) is 3.88. The molecule has 1 heterocycles. The summed E-state index contributed by atoms with van der Waals surface area (Å²) in [5.74, 6) is 0. The van der Waals surface area contributed by atoms with Gasteiger partial charge in [0.25, 0.3) is 11.4 Å². The van der Waals surface area contributed by atoms with E-state index in [9.17, 15) is 20.2 Å². The van der Waals surface area contributed by atoms with Crippen LogP contribution in [0.5, 0.6) is 0 Å². The van der Waals surface area contributed by atoms with Crippen molar-refractivity contribution in [2.75, 3.05) is 0 Å².